The van der Waals surface area contributed by atoms with Crippen LogP contribution in [0.5, 0.6) is 0 Å². The summed E-state index contributed by atoms with van der Waals surface area (Å²) >= 11 is 0. The number of halogens is 3. The summed E-state index contributed by atoms with van der Waals surface area (Å²) in [5.74, 6) is -1.01. The molecule has 1 aliphatic heterocycles. The van der Waals surface area contributed by atoms with Crippen LogP contribution in [-0.2, 0) is 10.9 Å². The van der Waals surface area contributed by atoms with E-state index in [1.165, 1.54) is 4.68 Å². The summed E-state index contributed by atoms with van der Waals surface area (Å²) in [6, 6.07) is -0.178. The van der Waals surface area contributed by atoms with Gasteiger partial charge in [-0.05, 0) is 33.7 Å². The Kier molecular flexibility index (Phi) is 4.01. The van der Waals surface area contributed by atoms with Crippen molar-refractivity contribution in [2.24, 2.45) is 0 Å². The third kappa shape index (κ3) is 3.75. The Morgan fingerprint density at radius 2 is 2.10 bits per heavy atom. The van der Waals surface area contributed by atoms with E-state index in [0.29, 0.717) is 19.5 Å². The zero-order chi connectivity index (χ0) is 15.8. The first-order chi connectivity index (χ1) is 9.58. The minimum Gasteiger partial charge on any atom is -0.456 e. The van der Waals surface area contributed by atoms with Crippen LogP contribution in [-0.4, -0.2) is 34.4 Å². The number of esters is 1. The molecule has 2 heterocycles. The molecule has 0 spiro atoms. The van der Waals surface area contributed by atoms with Crippen LogP contribution < -0.4 is 5.32 Å². The van der Waals surface area contributed by atoms with Crippen molar-refractivity contribution in [1.82, 2.24) is 15.1 Å². The third-order valence-electron chi connectivity index (χ3n) is 3.03. The topological polar surface area (TPSA) is 56.1 Å². The fourth-order valence-corrected chi connectivity index (χ4v) is 2.14. The fourth-order valence-electron chi connectivity index (χ4n) is 2.14. The number of nitrogens with zero attached hydrogens (tertiary/aromatic N) is 2. The molecule has 8 heteroatoms. The number of hydrogen-bond donors (Lipinski definition) is 1. The van der Waals surface area contributed by atoms with Gasteiger partial charge < -0.3 is 10.1 Å². The molecule has 21 heavy (non-hydrogen) atoms. The molecule has 1 aromatic heterocycles. The maximum atomic E-state index is 13.0. The van der Waals surface area contributed by atoms with Gasteiger partial charge in [0.15, 0.2) is 5.69 Å². The second-order valence-electron chi connectivity index (χ2n) is 6.02. The van der Waals surface area contributed by atoms with E-state index in [0.717, 1.165) is 6.20 Å². The lowest BCUT2D eigenvalue weighted by molar-refractivity contribution is -0.142. The number of nitrogens with one attached hydrogen (secondary N) is 1. The molecule has 1 unspecified atom stereocenters. The molecule has 5 nitrogen and oxygen atoms in total. The summed E-state index contributed by atoms with van der Waals surface area (Å²) in [5, 5.41) is 6.61. The van der Waals surface area contributed by atoms with E-state index in [-0.39, 0.29) is 6.04 Å². The molecule has 0 radical (unpaired) electrons. The van der Waals surface area contributed by atoms with E-state index in [1.54, 1.807) is 20.8 Å². The Morgan fingerprint density at radius 3 is 2.57 bits per heavy atom. The van der Waals surface area contributed by atoms with Crippen LogP contribution in [0.3, 0.4) is 0 Å². The summed E-state index contributed by atoms with van der Waals surface area (Å²) < 4.78 is 45.4. The Morgan fingerprint density at radius 1 is 1.43 bits per heavy atom. The molecule has 1 atom stereocenters. The number of aromatic nitrogens is 2. The van der Waals surface area contributed by atoms with Crippen molar-refractivity contribution in [1.29, 1.82) is 0 Å². The number of hydrogen-bond acceptors (Lipinski definition) is 4. The first-order valence-electron chi connectivity index (χ1n) is 6.68. The zero-order valence-electron chi connectivity index (χ0n) is 12.1. The minimum atomic E-state index is -4.69. The highest BCUT2D eigenvalue weighted by Crippen LogP contribution is 2.32. The zero-order valence-corrected chi connectivity index (χ0v) is 12.1. The number of rotatable bonds is 2. The van der Waals surface area contributed by atoms with E-state index in [1.807, 2.05) is 0 Å². The molecule has 0 amide bonds. The van der Waals surface area contributed by atoms with Gasteiger partial charge in [-0.25, -0.2) is 4.79 Å². The van der Waals surface area contributed by atoms with Gasteiger partial charge in [0.2, 0.25) is 0 Å². The number of carbonyl (C=O) groups is 1. The molecule has 0 aliphatic carbocycles. The van der Waals surface area contributed by atoms with Gasteiger partial charge in [-0.15, -0.1) is 0 Å². The van der Waals surface area contributed by atoms with Crippen molar-refractivity contribution in [3.05, 3.63) is 17.5 Å². The maximum Gasteiger partial charge on any atom is 0.436 e. The number of carbonyl (C=O) groups excluding carboxylic acids is 1. The van der Waals surface area contributed by atoms with E-state index in [4.69, 9.17) is 4.74 Å². The Hall–Kier alpha value is -1.57. The van der Waals surface area contributed by atoms with Gasteiger partial charge in [0.25, 0.3) is 0 Å². The molecule has 1 N–H and O–H groups in total. The van der Waals surface area contributed by atoms with E-state index >= 15 is 0 Å². The van der Waals surface area contributed by atoms with Gasteiger partial charge in [0.05, 0.1) is 6.04 Å². The van der Waals surface area contributed by atoms with Crippen molar-refractivity contribution in [3.63, 3.8) is 0 Å². The van der Waals surface area contributed by atoms with Crippen molar-refractivity contribution in [2.75, 3.05) is 13.1 Å². The van der Waals surface area contributed by atoms with Gasteiger partial charge in [-0.2, -0.15) is 18.3 Å². The van der Waals surface area contributed by atoms with Gasteiger partial charge >= 0.3 is 12.1 Å². The van der Waals surface area contributed by atoms with E-state index < -0.39 is 29.0 Å². The molecule has 2 rings (SSSR count). The van der Waals surface area contributed by atoms with Crippen molar-refractivity contribution >= 4 is 5.97 Å². The van der Waals surface area contributed by atoms with Crippen LogP contribution in [0.4, 0.5) is 13.2 Å². The van der Waals surface area contributed by atoms with Crippen LogP contribution in [0.2, 0.25) is 0 Å². The third-order valence-corrected chi connectivity index (χ3v) is 3.03. The summed E-state index contributed by atoms with van der Waals surface area (Å²) in [6.45, 7) is 6.05. The van der Waals surface area contributed by atoms with E-state index in [2.05, 4.69) is 10.4 Å². The molecular formula is C13H18F3N3O2. The Labute approximate surface area is 120 Å². The predicted molar refractivity (Wildman–Crippen MR) is 68.9 cm³/mol. The van der Waals surface area contributed by atoms with Gasteiger partial charge in [-0.1, -0.05) is 0 Å². The molecule has 1 aliphatic rings. The molecule has 0 saturated carbocycles. The monoisotopic (exact) mass is 305 g/mol. The Bertz CT molecular complexity index is 526. The van der Waals surface area contributed by atoms with Crippen LogP contribution in [0.1, 0.15) is 49.3 Å². The molecule has 1 saturated heterocycles. The standard InChI is InChI=1S/C13H18F3N3O2/c1-12(2,3)21-11(20)9-7-19(8-4-5-17-6-8)18-10(9)13(14,15)16/h7-8,17H,4-6H2,1-3H3. The maximum absolute atomic E-state index is 13.0. The van der Waals surface area contributed by atoms with Crippen LogP contribution in [0.15, 0.2) is 6.20 Å². The minimum absolute atomic E-state index is 0.178. The molecule has 118 valence electrons. The average Bonchev–Trinajstić information content (AvgIpc) is 2.94. The largest absolute Gasteiger partial charge is 0.456 e. The number of ether oxygens (including phenoxy) is 1. The quantitative estimate of drug-likeness (QED) is 0.852. The van der Waals surface area contributed by atoms with Crippen LogP contribution in [0, 0.1) is 0 Å². The van der Waals surface area contributed by atoms with Gasteiger partial charge in [-0.3, -0.25) is 4.68 Å². The first-order valence-corrected chi connectivity index (χ1v) is 6.68. The predicted octanol–water partition coefficient (Wildman–Crippen LogP) is 2.39. The lowest BCUT2D eigenvalue weighted by Gasteiger charge is -2.19. The van der Waals surface area contributed by atoms with Crippen LogP contribution >= 0.6 is 0 Å². The van der Waals surface area contributed by atoms with Crippen molar-refractivity contribution in [3.8, 4) is 0 Å². The summed E-state index contributed by atoms with van der Waals surface area (Å²) in [4.78, 5) is 12.0. The molecule has 1 fully saturated rings. The lowest BCUT2D eigenvalue weighted by atomic mass is 10.2. The highest BCUT2D eigenvalue weighted by Gasteiger charge is 2.41. The number of alkyl halides is 3. The summed E-state index contributed by atoms with van der Waals surface area (Å²) in [7, 11) is 0. The SMILES string of the molecule is CC(C)(C)OC(=O)c1cn(C2CCNC2)nc1C(F)(F)F. The second-order valence-corrected chi connectivity index (χ2v) is 6.02. The lowest BCUT2D eigenvalue weighted by Crippen LogP contribution is -2.25. The fraction of sp³-hybridized carbons (Fsp3) is 0.692. The highest BCUT2D eigenvalue weighted by atomic mass is 19.4. The average molecular weight is 305 g/mol. The second kappa shape index (κ2) is 5.32. The Balaban J connectivity index is 2.35. The van der Waals surface area contributed by atoms with Gasteiger partial charge in [0.1, 0.15) is 11.2 Å². The van der Waals surface area contributed by atoms with E-state index in [9.17, 15) is 18.0 Å². The summed E-state index contributed by atoms with van der Waals surface area (Å²) in [6.07, 6.45) is -2.88. The normalized spacial score (nSPS) is 19.8. The highest BCUT2D eigenvalue weighted by molar-refractivity contribution is 5.90. The van der Waals surface area contributed by atoms with Gasteiger partial charge in [0, 0.05) is 12.7 Å². The molecule has 0 bridgehead atoms. The van der Waals surface area contributed by atoms with Crippen molar-refractivity contribution < 1.29 is 22.7 Å². The molecule has 1 aromatic rings. The van der Waals surface area contributed by atoms with Crippen molar-refractivity contribution in [2.45, 2.75) is 45.0 Å². The van der Waals surface area contributed by atoms with Crippen LogP contribution in [0.25, 0.3) is 0 Å². The molecule has 0 aromatic carbocycles. The smallest absolute Gasteiger partial charge is 0.436 e. The summed E-state index contributed by atoms with van der Waals surface area (Å²) in [5.41, 5.74) is -2.59. The first kappa shape index (κ1) is 15.8. The molecular weight excluding hydrogens is 287 g/mol.